The van der Waals surface area contributed by atoms with Crippen LogP contribution in [0, 0.1) is 0 Å². The van der Waals surface area contributed by atoms with Crippen LogP contribution in [0.25, 0.3) is 11.5 Å². The summed E-state index contributed by atoms with van der Waals surface area (Å²) in [7, 11) is 3.38. The van der Waals surface area contributed by atoms with Gasteiger partial charge in [0.2, 0.25) is 0 Å². The number of hydrogen-bond donors (Lipinski definition) is 2. The molecule has 10 nitrogen and oxygen atoms in total. The molecular weight excluding hydrogens is 434 g/mol. The average Bonchev–Trinajstić information content (AvgIpc) is 3.51. The summed E-state index contributed by atoms with van der Waals surface area (Å²) < 4.78 is 7.16. The van der Waals surface area contributed by atoms with Crippen molar-refractivity contribution in [2.45, 2.75) is 39.9 Å². The van der Waals surface area contributed by atoms with Crippen LogP contribution in [0.3, 0.4) is 0 Å². The number of aromatic nitrogens is 4. The fraction of sp³-hybridized carbons (Fsp3) is 0.375. The van der Waals surface area contributed by atoms with E-state index in [2.05, 4.69) is 39.7 Å². The van der Waals surface area contributed by atoms with E-state index < -0.39 is 0 Å². The standard InChI is InChI=1S/C13H16N2O3.C11H15N5/c1-3-14-13(17)15-6-9-4-11(8-16)12(18-2)5-10(9)7-15;1-8(2)16-7-13-15-11(16)9-5-4-6-10(12-3)14-9/h4-5,8H,3,6-7H2,1-2H3,(H,14,17);4-8H,1-3H3,(H,12,14). The van der Waals surface area contributed by atoms with E-state index in [-0.39, 0.29) is 6.03 Å². The lowest BCUT2D eigenvalue weighted by molar-refractivity contribution is 0.112. The van der Waals surface area contributed by atoms with Crippen LogP contribution < -0.4 is 15.4 Å². The number of aldehydes is 1. The maximum atomic E-state index is 11.7. The van der Waals surface area contributed by atoms with E-state index in [9.17, 15) is 9.59 Å². The van der Waals surface area contributed by atoms with Gasteiger partial charge in [-0.3, -0.25) is 4.79 Å². The second-order valence-corrected chi connectivity index (χ2v) is 7.99. The fourth-order valence-corrected chi connectivity index (χ4v) is 3.63. The third-order valence-corrected chi connectivity index (χ3v) is 5.38. The number of benzene rings is 1. The number of urea groups is 1. The first-order chi connectivity index (χ1) is 16.4. The van der Waals surface area contributed by atoms with Crippen molar-refractivity contribution in [1.29, 1.82) is 0 Å². The molecule has 0 aliphatic carbocycles. The highest BCUT2D eigenvalue weighted by atomic mass is 16.5. The highest BCUT2D eigenvalue weighted by Gasteiger charge is 2.24. The Morgan fingerprint density at radius 3 is 2.59 bits per heavy atom. The molecule has 34 heavy (non-hydrogen) atoms. The number of ether oxygens (including phenoxy) is 1. The van der Waals surface area contributed by atoms with Crippen LogP contribution in [0.5, 0.6) is 5.75 Å². The largest absolute Gasteiger partial charge is 0.496 e. The van der Waals surface area contributed by atoms with Crippen LogP contribution in [0.1, 0.15) is 48.3 Å². The summed E-state index contributed by atoms with van der Waals surface area (Å²) >= 11 is 0. The molecule has 0 atom stereocenters. The lowest BCUT2D eigenvalue weighted by Gasteiger charge is -2.15. The third kappa shape index (κ3) is 5.51. The Morgan fingerprint density at radius 1 is 1.24 bits per heavy atom. The van der Waals surface area contributed by atoms with Crippen molar-refractivity contribution in [2.24, 2.45) is 0 Å². The molecule has 10 heteroatoms. The van der Waals surface area contributed by atoms with Crippen molar-refractivity contribution in [3.05, 3.63) is 53.3 Å². The van der Waals surface area contributed by atoms with Crippen LogP contribution >= 0.6 is 0 Å². The highest BCUT2D eigenvalue weighted by molar-refractivity contribution is 5.81. The minimum absolute atomic E-state index is 0.0830. The normalized spacial score (nSPS) is 12.0. The number of pyridine rings is 1. The number of anilines is 1. The van der Waals surface area contributed by atoms with E-state index >= 15 is 0 Å². The molecule has 3 aromatic rings. The number of fused-ring (bicyclic) bond motifs is 1. The molecule has 0 saturated carbocycles. The number of hydrogen-bond acceptors (Lipinski definition) is 7. The SMILES string of the molecule is CCNC(=O)N1Cc2cc(C=O)c(OC)cc2C1.CNc1cccc(-c2nncn2C(C)C)n1. The summed E-state index contributed by atoms with van der Waals surface area (Å²) in [6.45, 7) is 7.76. The molecule has 2 aromatic heterocycles. The first-order valence-electron chi connectivity index (χ1n) is 11.1. The molecule has 180 valence electrons. The van der Waals surface area contributed by atoms with Crippen molar-refractivity contribution in [3.8, 4) is 17.3 Å². The number of rotatable bonds is 6. The van der Waals surface area contributed by atoms with Gasteiger partial charge in [-0.25, -0.2) is 9.78 Å². The Morgan fingerprint density at radius 2 is 1.97 bits per heavy atom. The van der Waals surface area contributed by atoms with E-state index in [4.69, 9.17) is 4.74 Å². The maximum Gasteiger partial charge on any atom is 0.317 e. The zero-order valence-corrected chi connectivity index (χ0v) is 20.2. The van der Waals surface area contributed by atoms with E-state index in [0.717, 1.165) is 34.7 Å². The summed E-state index contributed by atoms with van der Waals surface area (Å²) in [4.78, 5) is 28.8. The van der Waals surface area contributed by atoms with Gasteiger partial charge in [-0.2, -0.15) is 0 Å². The number of carbonyl (C=O) groups is 2. The van der Waals surface area contributed by atoms with Gasteiger partial charge in [0.25, 0.3) is 0 Å². The molecule has 0 spiro atoms. The molecule has 0 radical (unpaired) electrons. The Hall–Kier alpha value is -3.95. The molecule has 1 aliphatic heterocycles. The van der Waals surface area contributed by atoms with Gasteiger partial charge < -0.3 is 24.8 Å². The molecule has 0 fully saturated rings. The van der Waals surface area contributed by atoms with Crippen molar-refractivity contribution in [2.75, 3.05) is 26.0 Å². The lowest BCUT2D eigenvalue weighted by atomic mass is 10.1. The van der Waals surface area contributed by atoms with Gasteiger partial charge in [0.15, 0.2) is 12.1 Å². The smallest absolute Gasteiger partial charge is 0.317 e. The van der Waals surface area contributed by atoms with Crippen LogP contribution in [-0.2, 0) is 13.1 Å². The van der Waals surface area contributed by atoms with Gasteiger partial charge in [0, 0.05) is 32.7 Å². The number of carbonyl (C=O) groups excluding carboxylic acids is 2. The van der Waals surface area contributed by atoms with Crippen LogP contribution in [0.4, 0.5) is 10.6 Å². The van der Waals surface area contributed by atoms with Crippen LogP contribution in [0.15, 0.2) is 36.7 Å². The number of amides is 2. The third-order valence-electron chi connectivity index (χ3n) is 5.38. The van der Waals surface area contributed by atoms with Crippen molar-refractivity contribution < 1.29 is 14.3 Å². The molecule has 0 saturated heterocycles. The fourth-order valence-electron chi connectivity index (χ4n) is 3.63. The van der Waals surface area contributed by atoms with Gasteiger partial charge in [-0.15, -0.1) is 10.2 Å². The van der Waals surface area contributed by atoms with E-state index in [1.165, 1.54) is 7.11 Å². The average molecular weight is 466 g/mol. The van der Waals surface area contributed by atoms with Gasteiger partial charge in [0.05, 0.1) is 12.7 Å². The number of nitrogens with zero attached hydrogens (tertiary/aromatic N) is 5. The quantitative estimate of drug-likeness (QED) is 0.535. The summed E-state index contributed by atoms with van der Waals surface area (Å²) in [6, 6.07) is 9.67. The van der Waals surface area contributed by atoms with Gasteiger partial charge in [-0.1, -0.05) is 6.07 Å². The molecule has 3 heterocycles. The predicted molar refractivity (Wildman–Crippen MR) is 130 cm³/mol. The second-order valence-electron chi connectivity index (χ2n) is 7.99. The molecule has 0 unspecified atom stereocenters. The minimum atomic E-state index is -0.0830. The summed E-state index contributed by atoms with van der Waals surface area (Å²) in [5, 5.41) is 13.8. The van der Waals surface area contributed by atoms with Crippen LogP contribution in [-0.4, -0.2) is 57.7 Å². The highest BCUT2D eigenvalue weighted by Crippen LogP contribution is 2.29. The van der Waals surface area contributed by atoms with Crippen LogP contribution in [0.2, 0.25) is 0 Å². The summed E-state index contributed by atoms with van der Waals surface area (Å²) in [5.74, 6) is 2.18. The van der Waals surface area contributed by atoms with Gasteiger partial charge in [-0.05, 0) is 56.2 Å². The summed E-state index contributed by atoms with van der Waals surface area (Å²) in [6.07, 6.45) is 2.50. The monoisotopic (exact) mass is 465 g/mol. The van der Waals surface area contributed by atoms with Crippen molar-refractivity contribution in [1.82, 2.24) is 30.0 Å². The summed E-state index contributed by atoms with van der Waals surface area (Å²) in [5.41, 5.74) is 3.39. The first kappa shape index (κ1) is 24.7. The van der Waals surface area contributed by atoms with E-state index in [1.807, 2.05) is 42.8 Å². The lowest BCUT2D eigenvalue weighted by Crippen LogP contribution is -2.36. The Balaban J connectivity index is 0.000000192. The minimum Gasteiger partial charge on any atom is -0.496 e. The zero-order valence-electron chi connectivity index (χ0n) is 20.2. The topological polar surface area (TPSA) is 114 Å². The molecular formula is C24H31N7O3. The number of methoxy groups -OCH3 is 1. The molecule has 0 bridgehead atoms. The Kier molecular flexibility index (Phi) is 8.18. The molecule has 2 N–H and O–H groups in total. The predicted octanol–water partition coefficient (Wildman–Crippen LogP) is 3.52. The molecule has 1 aromatic carbocycles. The number of nitrogens with one attached hydrogen (secondary N) is 2. The first-order valence-corrected chi connectivity index (χ1v) is 11.1. The van der Waals surface area contributed by atoms with Gasteiger partial charge in [0.1, 0.15) is 23.6 Å². The van der Waals surface area contributed by atoms with Gasteiger partial charge >= 0.3 is 6.03 Å². The molecule has 4 rings (SSSR count). The Bertz CT molecular complexity index is 1140. The zero-order chi connectivity index (χ0) is 24.7. The van der Waals surface area contributed by atoms with E-state index in [0.29, 0.717) is 37.0 Å². The van der Waals surface area contributed by atoms with Crippen molar-refractivity contribution >= 4 is 18.1 Å². The molecule has 2 amide bonds. The Labute approximate surface area is 199 Å². The van der Waals surface area contributed by atoms with Crippen molar-refractivity contribution in [3.63, 3.8) is 0 Å². The van der Waals surface area contributed by atoms with E-state index in [1.54, 1.807) is 17.3 Å². The molecule has 1 aliphatic rings. The maximum absolute atomic E-state index is 11.7. The second kappa shape index (κ2) is 11.3.